The van der Waals surface area contributed by atoms with Crippen molar-refractivity contribution in [3.63, 3.8) is 0 Å². The number of aromatic nitrogens is 2. The Morgan fingerprint density at radius 2 is 2.21 bits per heavy atom. The maximum Gasteiger partial charge on any atom is 0.283 e. The van der Waals surface area contributed by atoms with Crippen molar-refractivity contribution >= 4 is 29.2 Å². The van der Waals surface area contributed by atoms with Crippen LogP contribution in [0.3, 0.4) is 0 Å². The average molecular weight is 424 g/mol. The van der Waals surface area contributed by atoms with Gasteiger partial charge in [0.1, 0.15) is 11.8 Å². The summed E-state index contributed by atoms with van der Waals surface area (Å²) < 4.78 is 38.6. The molecule has 0 bridgehead atoms. The topological polar surface area (TPSA) is 112 Å². The lowest BCUT2D eigenvalue weighted by Gasteiger charge is -2.33. The van der Waals surface area contributed by atoms with Gasteiger partial charge in [0, 0.05) is 22.2 Å². The molecule has 2 aromatic rings. The molecular formula is C18H16ClF2N5O3. The number of hydrogen-bond donors (Lipinski definition) is 2. The molecule has 1 aliphatic heterocycles. The van der Waals surface area contributed by atoms with Crippen molar-refractivity contribution < 1.29 is 23.0 Å². The van der Waals surface area contributed by atoms with Crippen LogP contribution in [0.4, 0.5) is 14.5 Å². The number of nitrogens with two attached hydrogens (primary N) is 1. The van der Waals surface area contributed by atoms with Crippen LogP contribution in [0.5, 0.6) is 5.88 Å². The first-order valence-corrected chi connectivity index (χ1v) is 9.00. The number of amidine groups is 1. The third-order valence-corrected chi connectivity index (χ3v) is 5.25. The van der Waals surface area contributed by atoms with Gasteiger partial charge in [0.2, 0.25) is 5.88 Å². The highest BCUT2D eigenvalue weighted by molar-refractivity contribution is 6.31. The van der Waals surface area contributed by atoms with Gasteiger partial charge in [0.15, 0.2) is 5.54 Å². The van der Waals surface area contributed by atoms with Crippen LogP contribution in [-0.4, -0.2) is 41.5 Å². The van der Waals surface area contributed by atoms with Gasteiger partial charge in [-0.2, -0.15) is 0 Å². The van der Waals surface area contributed by atoms with Crippen molar-refractivity contribution in [3.05, 3.63) is 46.9 Å². The minimum Gasteiger partial charge on any atom is -0.480 e. The normalized spacial score (nSPS) is 24.9. The van der Waals surface area contributed by atoms with Crippen molar-refractivity contribution in [1.29, 1.82) is 0 Å². The molecule has 1 amide bonds. The first kappa shape index (κ1) is 19.3. The Kier molecular flexibility index (Phi) is 4.73. The standard InChI is InChI=1S/C18H16ClF2N5O3/c1-28-14-7-23-12(6-24-14)15(27)25-8-2-3-11(19)9(4-8)18(16(20)21)10-5-13(10)29-17(22)26-18/h2-4,6-7,10,13,16H,5H2,1H3,(H2,22,26)(H,25,27)/t10-,13+,18+/m0/s1. The Balaban J connectivity index is 1.67. The smallest absolute Gasteiger partial charge is 0.283 e. The Hall–Kier alpha value is -3.01. The largest absolute Gasteiger partial charge is 0.480 e. The molecule has 2 heterocycles. The summed E-state index contributed by atoms with van der Waals surface area (Å²) in [6.45, 7) is 0. The monoisotopic (exact) mass is 423 g/mol. The van der Waals surface area contributed by atoms with Crippen LogP contribution in [0.25, 0.3) is 0 Å². The molecule has 0 spiro atoms. The maximum atomic E-state index is 14.2. The van der Waals surface area contributed by atoms with Crippen molar-refractivity contribution in [2.75, 3.05) is 12.4 Å². The molecule has 11 heteroatoms. The zero-order chi connectivity index (χ0) is 20.8. The number of anilines is 1. The molecule has 1 saturated carbocycles. The van der Waals surface area contributed by atoms with E-state index in [2.05, 4.69) is 20.3 Å². The van der Waals surface area contributed by atoms with Gasteiger partial charge < -0.3 is 20.5 Å². The number of ether oxygens (including phenoxy) is 2. The Bertz CT molecular complexity index is 988. The van der Waals surface area contributed by atoms with Gasteiger partial charge in [-0.25, -0.2) is 23.7 Å². The number of halogens is 3. The molecule has 3 atom stereocenters. The first-order chi connectivity index (χ1) is 13.8. The summed E-state index contributed by atoms with van der Waals surface area (Å²) in [5, 5.41) is 2.70. The molecule has 29 heavy (non-hydrogen) atoms. The van der Waals surface area contributed by atoms with Gasteiger partial charge >= 0.3 is 0 Å². The third-order valence-electron chi connectivity index (χ3n) is 4.92. The lowest BCUT2D eigenvalue weighted by atomic mass is 9.84. The summed E-state index contributed by atoms with van der Waals surface area (Å²) in [4.78, 5) is 24.2. The highest BCUT2D eigenvalue weighted by Crippen LogP contribution is 2.57. The number of alkyl halides is 2. The van der Waals surface area contributed by atoms with E-state index in [0.717, 1.165) is 0 Å². The van der Waals surface area contributed by atoms with Crippen molar-refractivity contribution in [3.8, 4) is 5.88 Å². The number of benzene rings is 1. The average Bonchev–Trinajstić information content (AvgIpc) is 3.48. The van der Waals surface area contributed by atoms with Gasteiger partial charge in [0.25, 0.3) is 18.4 Å². The molecule has 1 aromatic carbocycles. The number of rotatable bonds is 5. The summed E-state index contributed by atoms with van der Waals surface area (Å²) in [6, 6.07) is 4.00. The molecule has 2 aliphatic rings. The van der Waals surface area contributed by atoms with E-state index in [0.29, 0.717) is 6.42 Å². The van der Waals surface area contributed by atoms with Crippen LogP contribution in [0.15, 0.2) is 35.6 Å². The van der Waals surface area contributed by atoms with E-state index in [9.17, 15) is 13.6 Å². The summed E-state index contributed by atoms with van der Waals surface area (Å²) in [7, 11) is 1.42. The Morgan fingerprint density at radius 1 is 1.41 bits per heavy atom. The van der Waals surface area contributed by atoms with Gasteiger partial charge in [0.05, 0.1) is 19.5 Å². The second-order valence-corrected chi connectivity index (χ2v) is 7.07. The number of fused-ring (bicyclic) bond motifs is 1. The van der Waals surface area contributed by atoms with Crippen LogP contribution in [0.2, 0.25) is 5.02 Å². The number of aliphatic imine (C=N–C) groups is 1. The number of nitrogens with zero attached hydrogens (tertiary/aromatic N) is 3. The molecule has 4 rings (SSSR count). The fourth-order valence-corrected chi connectivity index (χ4v) is 3.71. The second kappa shape index (κ2) is 7.11. The van der Waals surface area contributed by atoms with Crippen LogP contribution in [0.1, 0.15) is 22.5 Å². The molecule has 152 valence electrons. The van der Waals surface area contributed by atoms with Crippen molar-refractivity contribution in [2.24, 2.45) is 16.6 Å². The SMILES string of the molecule is COc1cnc(C(=O)Nc2ccc(Cl)c([C@@]3(C(F)F)N=C(N)O[C@@H]4C[C@@H]43)c2)cn1. The summed E-state index contributed by atoms with van der Waals surface area (Å²) in [5.41, 5.74) is 4.06. The second-order valence-electron chi connectivity index (χ2n) is 6.67. The van der Waals surface area contributed by atoms with Crippen LogP contribution >= 0.6 is 11.6 Å². The molecule has 0 unspecified atom stereocenters. The van der Waals surface area contributed by atoms with E-state index in [1.807, 2.05) is 0 Å². The van der Waals surface area contributed by atoms with Gasteiger partial charge in [-0.1, -0.05) is 11.6 Å². The lowest BCUT2D eigenvalue weighted by Crippen LogP contribution is -2.43. The number of carbonyl (C=O) groups is 1. The number of carbonyl (C=O) groups excluding carboxylic acids is 1. The van der Waals surface area contributed by atoms with E-state index < -0.39 is 29.9 Å². The molecule has 3 N–H and O–H groups in total. The molecule has 0 saturated heterocycles. The highest BCUT2D eigenvalue weighted by Gasteiger charge is 2.64. The van der Waals surface area contributed by atoms with Gasteiger partial charge in [-0.15, -0.1) is 0 Å². The summed E-state index contributed by atoms with van der Waals surface area (Å²) >= 11 is 6.25. The molecule has 1 aliphatic carbocycles. The minimum absolute atomic E-state index is 0.0291. The van der Waals surface area contributed by atoms with Crippen molar-refractivity contribution in [2.45, 2.75) is 24.5 Å². The predicted octanol–water partition coefficient (Wildman–Crippen LogP) is 2.58. The molecule has 1 fully saturated rings. The number of nitrogens with one attached hydrogen (secondary N) is 1. The Labute approximate surface area is 169 Å². The number of methoxy groups -OCH3 is 1. The molecular weight excluding hydrogens is 408 g/mol. The molecule has 8 nitrogen and oxygen atoms in total. The fraction of sp³-hybridized carbons (Fsp3) is 0.333. The zero-order valence-electron chi connectivity index (χ0n) is 15.1. The maximum absolute atomic E-state index is 14.2. The van der Waals surface area contributed by atoms with Crippen molar-refractivity contribution in [1.82, 2.24) is 9.97 Å². The fourth-order valence-electron chi connectivity index (χ4n) is 3.44. The van der Waals surface area contributed by atoms with Crippen LogP contribution < -0.4 is 15.8 Å². The van der Waals surface area contributed by atoms with E-state index in [4.69, 9.17) is 26.8 Å². The highest BCUT2D eigenvalue weighted by atomic mass is 35.5. The zero-order valence-corrected chi connectivity index (χ0v) is 15.9. The van der Waals surface area contributed by atoms with Crippen LogP contribution in [0, 0.1) is 5.92 Å². The van der Waals surface area contributed by atoms with E-state index in [1.165, 1.54) is 37.7 Å². The predicted molar refractivity (Wildman–Crippen MR) is 100 cm³/mol. The number of hydrogen-bond acceptors (Lipinski definition) is 7. The van der Waals surface area contributed by atoms with Gasteiger partial charge in [-0.05, 0) is 24.6 Å². The number of amides is 1. The molecule has 1 aromatic heterocycles. The minimum atomic E-state index is -2.86. The summed E-state index contributed by atoms with van der Waals surface area (Å²) in [5.74, 6) is -0.868. The van der Waals surface area contributed by atoms with Crippen LogP contribution in [-0.2, 0) is 10.3 Å². The third kappa shape index (κ3) is 3.33. The first-order valence-electron chi connectivity index (χ1n) is 8.62. The lowest BCUT2D eigenvalue weighted by molar-refractivity contribution is 0.0197. The quantitative estimate of drug-likeness (QED) is 0.764. The Morgan fingerprint density at radius 3 is 2.86 bits per heavy atom. The van der Waals surface area contributed by atoms with E-state index in [1.54, 1.807) is 0 Å². The van der Waals surface area contributed by atoms with E-state index >= 15 is 0 Å². The van der Waals surface area contributed by atoms with E-state index in [-0.39, 0.29) is 33.9 Å². The van der Waals surface area contributed by atoms with Gasteiger partial charge in [-0.3, -0.25) is 4.79 Å². The molecule has 0 radical (unpaired) electrons. The summed E-state index contributed by atoms with van der Waals surface area (Å²) in [6.07, 6.45) is -0.366.